The number of amides is 1. The van der Waals surface area contributed by atoms with E-state index in [0.29, 0.717) is 5.92 Å². The summed E-state index contributed by atoms with van der Waals surface area (Å²) in [5, 5.41) is 2.82. The van der Waals surface area contributed by atoms with Gasteiger partial charge in [-0.2, -0.15) is 0 Å². The Labute approximate surface area is 93.7 Å². The van der Waals surface area contributed by atoms with Crippen LogP contribution < -0.4 is 5.32 Å². The molecule has 0 spiro atoms. The second-order valence-corrected chi connectivity index (χ2v) is 5.22. The van der Waals surface area contributed by atoms with Gasteiger partial charge in [-0.25, -0.2) is 0 Å². The van der Waals surface area contributed by atoms with Gasteiger partial charge in [-0.1, -0.05) is 13.8 Å². The summed E-state index contributed by atoms with van der Waals surface area (Å²) in [5.41, 5.74) is 0.160. The first kappa shape index (κ1) is 12.0. The maximum absolute atomic E-state index is 10.8. The summed E-state index contributed by atoms with van der Waals surface area (Å²) in [6.07, 6.45) is 2.20. The molecule has 1 fully saturated rings. The molecular weight excluding hydrogens is 246 g/mol. The highest BCUT2D eigenvalue weighted by Gasteiger charge is 2.30. The molecule has 0 aromatic carbocycles. The van der Waals surface area contributed by atoms with Crippen LogP contribution in [0.4, 0.5) is 4.79 Å². The van der Waals surface area contributed by atoms with Gasteiger partial charge in [0.1, 0.15) is 0 Å². The van der Waals surface area contributed by atoms with Crippen molar-refractivity contribution in [2.75, 3.05) is 19.8 Å². The van der Waals surface area contributed by atoms with Crippen LogP contribution >= 0.6 is 15.9 Å². The Balaban J connectivity index is 2.41. The molecule has 1 heterocycles. The zero-order chi connectivity index (χ0) is 10.6. The summed E-state index contributed by atoms with van der Waals surface area (Å²) in [5.74, 6) is 0.649. The first-order valence-corrected chi connectivity index (χ1v) is 5.83. The first-order valence-electron chi connectivity index (χ1n) is 5.03. The van der Waals surface area contributed by atoms with Gasteiger partial charge in [-0.3, -0.25) is 4.79 Å². The predicted octanol–water partition coefficient (Wildman–Crippen LogP) is 2.54. The van der Waals surface area contributed by atoms with Crippen molar-refractivity contribution < 1.29 is 9.53 Å². The van der Waals surface area contributed by atoms with Crippen LogP contribution in [0.2, 0.25) is 0 Å². The number of nitrogens with one attached hydrogen (secondary N) is 1. The summed E-state index contributed by atoms with van der Waals surface area (Å²) in [6.45, 7) is 6.84. The van der Waals surface area contributed by atoms with E-state index in [1.807, 2.05) is 0 Å². The SMILES string of the molecule is CC(C)(CNC(=O)Br)C1CCOCC1. The second kappa shape index (κ2) is 5.12. The fourth-order valence-electron chi connectivity index (χ4n) is 1.92. The molecule has 1 amide bonds. The van der Waals surface area contributed by atoms with Crippen LogP contribution in [0.3, 0.4) is 0 Å². The predicted molar refractivity (Wildman–Crippen MR) is 59.6 cm³/mol. The van der Waals surface area contributed by atoms with Crippen LogP contribution in [0.1, 0.15) is 26.7 Å². The fraction of sp³-hybridized carbons (Fsp3) is 0.900. The van der Waals surface area contributed by atoms with Crippen LogP contribution in [0, 0.1) is 11.3 Å². The topological polar surface area (TPSA) is 38.3 Å². The van der Waals surface area contributed by atoms with E-state index in [1.54, 1.807) is 0 Å². The third kappa shape index (κ3) is 3.58. The third-order valence-corrected chi connectivity index (χ3v) is 3.29. The largest absolute Gasteiger partial charge is 0.381 e. The normalized spacial score (nSPS) is 19.4. The highest BCUT2D eigenvalue weighted by atomic mass is 79.9. The van der Waals surface area contributed by atoms with Gasteiger partial charge >= 0.3 is 0 Å². The minimum atomic E-state index is -0.127. The van der Waals surface area contributed by atoms with Crippen LogP contribution in [-0.4, -0.2) is 24.6 Å². The number of halogens is 1. The molecule has 0 unspecified atom stereocenters. The molecule has 0 aromatic heterocycles. The van der Waals surface area contributed by atoms with Crippen LogP contribution in [0.25, 0.3) is 0 Å². The fourth-order valence-corrected chi connectivity index (χ4v) is 2.06. The lowest BCUT2D eigenvalue weighted by Gasteiger charge is -2.36. The van der Waals surface area contributed by atoms with Gasteiger partial charge in [-0.05, 0) is 24.2 Å². The smallest absolute Gasteiger partial charge is 0.287 e. The Morgan fingerprint density at radius 3 is 2.57 bits per heavy atom. The Kier molecular flexibility index (Phi) is 4.38. The van der Waals surface area contributed by atoms with Crippen LogP contribution in [0.5, 0.6) is 0 Å². The number of ether oxygens (including phenoxy) is 1. The van der Waals surface area contributed by atoms with Crippen molar-refractivity contribution in [1.29, 1.82) is 0 Å². The van der Waals surface area contributed by atoms with Crippen molar-refractivity contribution in [3.63, 3.8) is 0 Å². The number of rotatable bonds is 3. The van der Waals surface area contributed by atoms with E-state index in [1.165, 1.54) is 0 Å². The zero-order valence-corrected chi connectivity index (χ0v) is 10.4. The van der Waals surface area contributed by atoms with Gasteiger partial charge in [0.05, 0.1) is 0 Å². The molecular formula is C10H18BrNO2. The Morgan fingerprint density at radius 1 is 1.50 bits per heavy atom. The minimum Gasteiger partial charge on any atom is -0.381 e. The van der Waals surface area contributed by atoms with E-state index in [-0.39, 0.29) is 10.2 Å². The van der Waals surface area contributed by atoms with E-state index >= 15 is 0 Å². The van der Waals surface area contributed by atoms with E-state index in [0.717, 1.165) is 32.6 Å². The van der Waals surface area contributed by atoms with Gasteiger partial charge in [0.25, 0.3) is 4.82 Å². The van der Waals surface area contributed by atoms with Crippen LogP contribution in [-0.2, 0) is 4.74 Å². The summed E-state index contributed by atoms with van der Waals surface area (Å²) >= 11 is 2.88. The highest BCUT2D eigenvalue weighted by Crippen LogP contribution is 2.33. The molecule has 82 valence electrons. The first-order chi connectivity index (χ1) is 6.52. The maximum atomic E-state index is 10.8. The quantitative estimate of drug-likeness (QED) is 0.628. The number of carbonyl (C=O) groups excluding carboxylic acids is 1. The van der Waals surface area contributed by atoms with E-state index < -0.39 is 0 Å². The van der Waals surface area contributed by atoms with E-state index in [4.69, 9.17) is 4.74 Å². The average Bonchev–Trinajstić information content (AvgIpc) is 2.16. The van der Waals surface area contributed by atoms with Gasteiger partial charge < -0.3 is 10.1 Å². The lowest BCUT2D eigenvalue weighted by atomic mass is 9.74. The van der Waals surface area contributed by atoms with E-state index in [9.17, 15) is 4.79 Å². The van der Waals surface area contributed by atoms with E-state index in [2.05, 4.69) is 35.1 Å². The Bertz CT molecular complexity index is 200. The summed E-state index contributed by atoms with van der Waals surface area (Å²) in [6, 6.07) is 0. The van der Waals surface area contributed by atoms with Crippen molar-refractivity contribution in [3.8, 4) is 0 Å². The molecule has 0 radical (unpaired) electrons. The molecule has 1 saturated heterocycles. The lowest BCUT2D eigenvalue weighted by molar-refractivity contribution is 0.0239. The minimum absolute atomic E-state index is 0.127. The molecule has 0 aliphatic carbocycles. The third-order valence-electron chi connectivity index (χ3n) is 3.01. The van der Waals surface area contributed by atoms with Crippen molar-refractivity contribution in [2.45, 2.75) is 26.7 Å². The van der Waals surface area contributed by atoms with Crippen molar-refractivity contribution in [2.24, 2.45) is 11.3 Å². The molecule has 0 saturated carbocycles. The molecule has 1 rings (SSSR count). The van der Waals surface area contributed by atoms with Gasteiger partial charge in [0.15, 0.2) is 0 Å². The standard InChI is InChI=1S/C10H18BrNO2/c1-10(2,7-12-9(11)13)8-3-5-14-6-4-8/h8H,3-7H2,1-2H3,(H,12,13). The molecule has 4 heteroatoms. The molecule has 0 aromatic rings. The molecule has 0 atom stereocenters. The maximum Gasteiger partial charge on any atom is 0.287 e. The summed E-state index contributed by atoms with van der Waals surface area (Å²) in [4.78, 5) is 10.6. The molecule has 3 nitrogen and oxygen atoms in total. The van der Waals surface area contributed by atoms with Crippen molar-refractivity contribution >= 4 is 20.7 Å². The Hall–Kier alpha value is -0.0900. The molecule has 1 N–H and O–H groups in total. The number of hydrogen-bond donors (Lipinski definition) is 1. The molecule has 14 heavy (non-hydrogen) atoms. The van der Waals surface area contributed by atoms with Gasteiger partial charge in [0, 0.05) is 35.7 Å². The van der Waals surface area contributed by atoms with Crippen LogP contribution in [0.15, 0.2) is 0 Å². The molecule has 1 aliphatic heterocycles. The average molecular weight is 264 g/mol. The molecule has 0 bridgehead atoms. The number of hydrogen-bond acceptors (Lipinski definition) is 2. The van der Waals surface area contributed by atoms with Gasteiger partial charge in [0.2, 0.25) is 0 Å². The second-order valence-electron chi connectivity index (χ2n) is 4.50. The lowest BCUT2D eigenvalue weighted by Crippen LogP contribution is -2.39. The number of carbonyl (C=O) groups is 1. The zero-order valence-electron chi connectivity index (χ0n) is 8.81. The monoisotopic (exact) mass is 263 g/mol. The summed E-state index contributed by atoms with van der Waals surface area (Å²) in [7, 11) is 0. The Morgan fingerprint density at radius 2 is 2.07 bits per heavy atom. The summed E-state index contributed by atoms with van der Waals surface area (Å²) < 4.78 is 5.32. The van der Waals surface area contributed by atoms with Crippen molar-refractivity contribution in [1.82, 2.24) is 5.32 Å². The van der Waals surface area contributed by atoms with Gasteiger partial charge in [-0.15, -0.1) is 0 Å². The molecule has 1 aliphatic rings. The highest BCUT2D eigenvalue weighted by molar-refractivity contribution is 9.18. The van der Waals surface area contributed by atoms with Crippen molar-refractivity contribution in [3.05, 3.63) is 0 Å².